The summed E-state index contributed by atoms with van der Waals surface area (Å²) in [7, 11) is -0.246. The van der Waals surface area contributed by atoms with Gasteiger partial charge in [-0.25, -0.2) is 0 Å². The van der Waals surface area contributed by atoms with Gasteiger partial charge in [0.15, 0.2) is 0 Å². The van der Waals surface area contributed by atoms with Gasteiger partial charge in [0.05, 0.1) is 5.41 Å². The summed E-state index contributed by atoms with van der Waals surface area (Å²) in [6.07, 6.45) is 36.9. The zero-order valence-electron chi connectivity index (χ0n) is 34.4. The lowest BCUT2D eigenvalue weighted by atomic mass is 9.63. The molecule has 0 spiro atoms. The Morgan fingerprint density at radius 1 is 0.655 bits per heavy atom. The van der Waals surface area contributed by atoms with Gasteiger partial charge in [-0.1, -0.05) is 182 Å². The number of rotatable bonds is 9. The van der Waals surface area contributed by atoms with Gasteiger partial charge in [0.2, 0.25) is 0 Å². The van der Waals surface area contributed by atoms with Crippen LogP contribution in [0.2, 0.25) is 12.1 Å². The maximum Gasteiger partial charge on any atom is 0.0670 e. The van der Waals surface area contributed by atoms with E-state index in [0.29, 0.717) is 30.0 Å². The fourth-order valence-corrected chi connectivity index (χ4v) is 13.8. The summed E-state index contributed by atoms with van der Waals surface area (Å²) < 4.78 is 0. The molecule has 0 aromatic heterocycles. The van der Waals surface area contributed by atoms with E-state index in [4.69, 9.17) is 0 Å². The predicted molar refractivity (Wildman–Crippen MR) is 248 cm³/mol. The first-order valence-corrected chi connectivity index (χ1v) is 24.8. The van der Waals surface area contributed by atoms with Gasteiger partial charge in [-0.2, -0.15) is 0 Å². The molecule has 6 aliphatic rings. The highest BCUT2D eigenvalue weighted by atomic mass is 28.2. The quantitative estimate of drug-likeness (QED) is 0.121. The van der Waals surface area contributed by atoms with E-state index in [-0.39, 0.29) is 14.9 Å². The van der Waals surface area contributed by atoms with Crippen LogP contribution in [0.5, 0.6) is 0 Å². The van der Waals surface area contributed by atoms with Crippen molar-refractivity contribution in [3.05, 3.63) is 215 Å². The molecule has 292 valence electrons. The van der Waals surface area contributed by atoms with Crippen LogP contribution in [0.3, 0.4) is 0 Å². The second-order valence-electron chi connectivity index (χ2n) is 17.8. The van der Waals surface area contributed by atoms with E-state index in [1.165, 1.54) is 58.2 Å². The van der Waals surface area contributed by atoms with E-state index < -0.39 is 0 Å². The molecule has 10 rings (SSSR count). The van der Waals surface area contributed by atoms with Crippen LogP contribution in [0.15, 0.2) is 192 Å². The van der Waals surface area contributed by atoms with Crippen molar-refractivity contribution in [3.63, 3.8) is 0 Å². The summed E-state index contributed by atoms with van der Waals surface area (Å²) in [6, 6.07) is 43.0. The number of hydrogen-bond acceptors (Lipinski definition) is 1. The van der Waals surface area contributed by atoms with E-state index in [1.54, 1.807) is 16.7 Å². The molecule has 0 radical (unpaired) electrons. The molecular formula is C56H59NSi. The Bertz CT molecular complexity index is 2290. The largest absolute Gasteiger partial charge is 0.290 e. The van der Waals surface area contributed by atoms with Gasteiger partial charge in [-0.3, -0.25) is 4.90 Å². The van der Waals surface area contributed by atoms with E-state index in [2.05, 4.69) is 181 Å². The average molecular weight is 774 g/mol. The second kappa shape index (κ2) is 16.5. The van der Waals surface area contributed by atoms with Crippen molar-refractivity contribution >= 4 is 9.52 Å². The lowest BCUT2D eigenvalue weighted by Crippen LogP contribution is -2.52. The van der Waals surface area contributed by atoms with Crippen molar-refractivity contribution in [2.24, 2.45) is 0 Å². The monoisotopic (exact) mass is 773 g/mol. The molecule has 0 N–H and O–H groups in total. The molecule has 0 amide bonds. The standard InChI is InChI=1S/C56H59NSi/c1-58-55-39-48(34-35-50(55)42-22-10-4-11-23-42)57(49-37-43(40-18-6-2-7-19-40)36-44(38-49)41-20-8-3-9-21-41)47-32-30-46(31-33-47)56(45-24-12-5-13-25-45)53-28-16-14-26-51(53)52-27-15-17-29-54(52)56/h2-4,6-8,10-12,14-20,22-30,34-36,43,47-50,55H,5,9,13,21,31-33,37-39,58H2,1H3. The molecule has 0 fully saturated rings. The predicted octanol–water partition coefficient (Wildman–Crippen LogP) is 13.3. The molecule has 6 unspecified atom stereocenters. The lowest BCUT2D eigenvalue weighted by Gasteiger charge is -2.49. The Morgan fingerprint density at radius 2 is 1.38 bits per heavy atom. The zero-order chi connectivity index (χ0) is 38.9. The third-order valence-electron chi connectivity index (χ3n) is 14.8. The van der Waals surface area contributed by atoms with Crippen LogP contribution in [0, 0.1) is 0 Å². The molecule has 0 aliphatic heterocycles. The molecule has 2 heteroatoms. The minimum atomic E-state index is -0.246. The van der Waals surface area contributed by atoms with Crippen molar-refractivity contribution in [2.45, 2.75) is 112 Å². The fraction of sp³-hybridized carbons (Fsp3) is 0.321. The first-order chi connectivity index (χ1) is 28.7. The smallest absolute Gasteiger partial charge is 0.0670 e. The summed E-state index contributed by atoms with van der Waals surface area (Å²) in [6.45, 7) is 2.57. The van der Waals surface area contributed by atoms with Gasteiger partial charge in [0, 0.05) is 39.5 Å². The summed E-state index contributed by atoms with van der Waals surface area (Å²) in [5.74, 6) is 0.978. The van der Waals surface area contributed by atoms with Gasteiger partial charge < -0.3 is 0 Å². The molecule has 4 aromatic carbocycles. The molecule has 1 nitrogen and oxygen atoms in total. The average Bonchev–Trinajstić information content (AvgIpc) is 3.61. The first kappa shape index (κ1) is 37.5. The minimum Gasteiger partial charge on any atom is -0.290 e. The number of hydrogen-bond donors (Lipinski definition) is 0. The lowest BCUT2D eigenvalue weighted by molar-refractivity contribution is 0.0725. The summed E-state index contributed by atoms with van der Waals surface area (Å²) in [5.41, 5.74) is 15.6. The SMILES string of the molecule is C[SiH2]C1CC(N(C2CC=C(C3(C4=CCCC=C4)c4ccccc4-c4ccccc43)CC2)C2CC(C3=CC=CCC3)=CC(c3ccccc3)C2)C=CC1c1ccccc1. The van der Waals surface area contributed by atoms with Gasteiger partial charge in [-0.05, 0) is 120 Å². The van der Waals surface area contributed by atoms with Crippen LogP contribution in [0.25, 0.3) is 11.1 Å². The van der Waals surface area contributed by atoms with E-state index in [9.17, 15) is 0 Å². The van der Waals surface area contributed by atoms with Crippen molar-refractivity contribution in [1.82, 2.24) is 4.90 Å². The maximum atomic E-state index is 3.12. The molecule has 0 saturated heterocycles. The molecule has 0 heterocycles. The highest BCUT2D eigenvalue weighted by molar-refractivity contribution is 6.36. The van der Waals surface area contributed by atoms with E-state index in [1.807, 2.05) is 0 Å². The molecule has 4 aromatic rings. The van der Waals surface area contributed by atoms with Crippen LogP contribution in [-0.4, -0.2) is 32.5 Å². The Balaban J connectivity index is 1.06. The van der Waals surface area contributed by atoms with Crippen molar-refractivity contribution in [2.75, 3.05) is 0 Å². The van der Waals surface area contributed by atoms with Gasteiger partial charge in [-0.15, -0.1) is 0 Å². The topological polar surface area (TPSA) is 3.24 Å². The minimum absolute atomic E-state index is 0.216. The molecule has 0 bridgehead atoms. The van der Waals surface area contributed by atoms with Gasteiger partial charge in [0.1, 0.15) is 0 Å². The normalized spacial score (nSPS) is 27.5. The van der Waals surface area contributed by atoms with Crippen LogP contribution >= 0.6 is 0 Å². The molecule has 6 aliphatic carbocycles. The number of nitrogens with zero attached hydrogens (tertiary/aromatic N) is 1. The maximum absolute atomic E-state index is 3.12. The second-order valence-corrected chi connectivity index (χ2v) is 19.7. The van der Waals surface area contributed by atoms with Crippen LogP contribution in [-0.2, 0) is 5.41 Å². The number of fused-ring (bicyclic) bond motifs is 3. The highest BCUT2D eigenvalue weighted by Gasteiger charge is 2.49. The van der Waals surface area contributed by atoms with Crippen molar-refractivity contribution in [3.8, 4) is 11.1 Å². The summed E-state index contributed by atoms with van der Waals surface area (Å²) >= 11 is 0. The van der Waals surface area contributed by atoms with Crippen LogP contribution < -0.4 is 0 Å². The Kier molecular flexibility index (Phi) is 10.7. The third kappa shape index (κ3) is 6.77. The van der Waals surface area contributed by atoms with E-state index in [0.717, 1.165) is 50.5 Å². The number of benzene rings is 4. The summed E-state index contributed by atoms with van der Waals surface area (Å²) in [4.78, 5) is 3.12. The first-order valence-electron chi connectivity index (χ1n) is 22.6. The highest BCUT2D eigenvalue weighted by Crippen LogP contribution is 2.59. The molecule has 58 heavy (non-hydrogen) atoms. The summed E-state index contributed by atoms with van der Waals surface area (Å²) in [5, 5.41) is 0. The Labute approximate surface area is 350 Å². The Morgan fingerprint density at radius 3 is 2.03 bits per heavy atom. The van der Waals surface area contributed by atoms with Gasteiger partial charge in [0.25, 0.3) is 0 Å². The molecule has 0 saturated carbocycles. The fourth-order valence-electron chi connectivity index (χ4n) is 12.2. The Hall–Kier alpha value is -4.76. The molecule has 6 atom stereocenters. The van der Waals surface area contributed by atoms with Crippen molar-refractivity contribution < 1.29 is 0 Å². The molecular weight excluding hydrogens is 715 g/mol. The third-order valence-corrected chi connectivity index (χ3v) is 16.7. The number of allylic oxidation sites excluding steroid dienone is 11. The van der Waals surface area contributed by atoms with Gasteiger partial charge >= 0.3 is 0 Å². The zero-order valence-corrected chi connectivity index (χ0v) is 35.8. The van der Waals surface area contributed by atoms with E-state index >= 15 is 0 Å². The van der Waals surface area contributed by atoms with Crippen LogP contribution in [0.4, 0.5) is 0 Å². The van der Waals surface area contributed by atoms with Crippen molar-refractivity contribution in [1.29, 1.82) is 0 Å². The van der Waals surface area contributed by atoms with Crippen LogP contribution in [0.1, 0.15) is 98.3 Å².